The van der Waals surface area contributed by atoms with E-state index >= 15 is 0 Å². The second kappa shape index (κ2) is 12.8. The van der Waals surface area contributed by atoms with Gasteiger partial charge in [0, 0.05) is 53.0 Å². The quantitative estimate of drug-likeness (QED) is 0.672. The Hall–Kier alpha value is -2.15. The third-order valence-electron chi connectivity index (χ3n) is 5.40. The molecule has 0 aliphatic carbocycles. The molecule has 0 radical (unpaired) electrons. The molecule has 182 valence electrons. The Morgan fingerprint density at radius 2 is 1.88 bits per heavy atom. The van der Waals surface area contributed by atoms with Crippen molar-refractivity contribution in [3.8, 4) is 0 Å². The first-order chi connectivity index (χ1) is 15.3. The molecule has 1 aliphatic rings. The maximum absolute atomic E-state index is 13.2. The second-order valence-corrected chi connectivity index (χ2v) is 7.66. The minimum absolute atomic E-state index is 0.0379. The number of aliphatic hydroxyl groups excluding tert-OH is 2. The number of amides is 2. The summed E-state index contributed by atoms with van der Waals surface area (Å²) in [7, 11) is 1.38. The largest absolute Gasteiger partial charge is 0.388 e. The van der Waals surface area contributed by atoms with Crippen LogP contribution >= 0.6 is 0 Å². The first kappa shape index (κ1) is 26.1. The van der Waals surface area contributed by atoms with E-state index in [1.54, 1.807) is 0 Å². The molecule has 0 bridgehead atoms. The molecule has 2 amide bonds. The van der Waals surface area contributed by atoms with Gasteiger partial charge < -0.3 is 29.5 Å². The van der Waals surface area contributed by atoms with Crippen LogP contribution in [0.4, 0.5) is 8.78 Å². The van der Waals surface area contributed by atoms with E-state index in [2.05, 4.69) is 5.10 Å². The summed E-state index contributed by atoms with van der Waals surface area (Å²) in [5.41, 5.74) is -0.205. The average Bonchev–Trinajstić information content (AvgIpc) is 3.25. The zero-order valence-corrected chi connectivity index (χ0v) is 18.4. The minimum atomic E-state index is -2.93. The molecule has 32 heavy (non-hydrogen) atoms. The molecule has 1 fully saturated rings. The standard InChI is InChI=1S/C20H32F2N4O6/c1-14(27)25-10-5-9-24(19(30)15-6-7-23-26(15)20(21)22)8-3-4-11-32-13-16(28)18(29)17(12-25)31-2/h6-7,16-18,20,28-29H,3-5,8-13H2,1-2H3/t16-,17-,18-/m0/s1. The molecular weight excluding hydrogens is 430 g/mol. The van der Waals surface area contributed by atoms with Crippen molar-refractivity contribution < 1.29 is 38.1 Å². The molecule has 2 heterocycles. The molecule has 0 saturated carbocycles. The molecule has 1 aliphatic heterocycles. The van der Waals surface area contributed by atoms with Gasteiger partial charge in [0.1, 0.15) is 24.0 Å². The number of hydrogen-bond donors (Lipinski definition) is 2. The number of rotatable bonds is 3. The van der Waals surface area contributed by atoms with Crippen LogP contribution in [0, 0.1) is 0 Å². The molecule has 12 heteroatoms. The lowest BCUT2D eigenvalue weighted by Crippen LogP contribution is -2.48. The van der Waals surface area contributed by atoms with Gasteiger partial charge in [-0.1, -0.05) is 0 Å². The smallest absolute Gasteiger partial charge is 0.333 e. The molecule has 10 nitrogen and oxygen atoms in total. The van der Waals surface area contributed by atoms with E-state index in [0.29, 0.717) is 30.5 Å². The molecule has 2 N–H and O–H groups in total. The first-order valence-corrected chi connectivity index (χ1v) is 10.6. The van der Waals surface area contributed by atoms with Gasteiger partial charge in [0.05, 0.1) is 6.61 Å². The van der Waals surface area contributed by atoms with Gasteiger partial charge in [0.2, 0.25) is 5.91 Å². The summed E-state index contributed by atoms with van der Waals surface area (Å²) in [5.74, 6) is -0.828. The van der Waals surface area contributed by atoms with E-state index in [1.807, 2.05) is 0 Å². The number of ether oxygens (including phenoxy) is 2. The molecule has 0 aromatic carbocycles. The van der Waals surface area contributed by atoms with Crippen LogP contribution in [0.5, 0.6) is 0 Å². The lowest BCUT2D eigenvalue weighted by molar-refractivity contribution is -0.136. The SMILES string of the molecule is CO[C@H]1CN(C(C)=O)CCCN(C(=O)c2ccnn2C(F)F)CCCCOC[C@H](O)[C@@H]1O. The third-order valence-corrected chi connectivity index (χ3v) is 5.40. The number of aliphatic hydroxyl groups is 2. The summed E-state index contributed by atoms with van der Waals surface area (Å²) in [6.07, 6.45) is -0.621. The fraction of sp³-hybridized carbons (Fsp3) is 0.750. The van der Waals surface area contributed by atoms with Crippen molar-refractivity contribution in [2.24, 2.45) is 0 Å². The number of methoxy groups -OCH3 is 1. The van der Waals surface area contributed by atoms with Crippen molar-refractivity contribution in [3.63, 3.8) is 0 Å². The van der Waals surface area contributed by atoms with Crippen LogP contribution in [0.25, 0.3) is 0 Å². The molecule has 3 atom stereocenters. The molecular formula is C20H32F2N4O6. The zero-order valence-electron chi connectivity index (χ0n) is 18.4. The fourth-order valence-corrected chi connectivity index (χ4v) is 3.54. The van der Waals surface area contributed by atoms with Crippen LogP contribution in [0.1, 0.15) is 43.2 Å². The predicted molar refractivity (Wildman–Crippen MR) is 109 cm³/mol. The van der Waals surface area contributed by atoms with Crippen molar-refractivity contribution in [3.05, 3.63) is 18.0 Å². The van der Waals surface area contributed by atoms with Crippen molar-refractivity contribution in [1.82, 2.24) is 19.6 Å². The van der Waals surface area contributed by atoms with E-state index in [9.17, 15) is 28.6 Å². The van der Waals surface area contributed by atoms with E-state index in [1.165, 1.54) is 29.9 Å². The summed E-state index contributed by atoms with van der Waals surface area (Å²) < 4.78 is 37.4. The van der Waals surface area contributed by atoms with Crippen molar-refractivity contribution in [1.29, 1.82) is 0 Å². The number of hydrogen-bond acceptors (Lipinski definition) is 7. The normalized spacial score (nSPS) is 24.8. The van der Waals surface area contributed by atoms with Crippen LogP contribution in [-0.2, 0) is 14.3 Å². The summed E-state index contributed by atoms with van der Waals surface area (Å²) in [6.45, 7) is -0.546. The minimum Gasteiger partial charge on any atom is -0.388 e. The highest BCUT2D eigenvalue weighted by Crippen LogP contribution is 2.16. The average molecular weight is 462 g/mol. The summed E-state index contributed by atoms with van der Waals surface area (Å²) >= 11 is 0. The van der Waals surface area contributed by atoms with Gasteiger partial charge in [-0.3, -0.25) is 9.59 Å². The van der Waals surface area contributed by atoms with Crippen LogP contribution in [0.15, 0.2) is 12.3 Å². The number of carbonyl (C=O) groups is 2. The van der Waals surface area contributed by atoms with Crippen molar-refractivity contribution in [2.75, 3.05) is 46.5 Å². The molecule has 1 aromatic heterocycles. The number of alkyl halides is 2. The van der Waals surface area contributed by atoms with Gasteiger partial charge in [0.25, 0.3) is 5.91 Å². The van der Waals surface area contributed by atoms with Crippen molar-refractivity contribution >= 4 is 11.8 Å². The number of aromatic nitrogens is 2. The Kier molecular flexibility index (Phi) is 10.4. The van der Waals surface area contributed by atoms with E-state index in [-0.39, 0.29) is 44.4 Å². The lowest BCUT2D eigenvalue weighted by atomic mass is 10.1. The van der Waals surface area contributed by atoms with Gasteiger partial charge in [0.15, 0.2) is 0 Å². The van der Waals surface area contributed by atoms with Crippen LogP contribution in [-0.4, -0.2) is 106 Å². The Labute approximate surface area is 185 Å². The van der Waals surface area contributed by atoms with E-state index < -0.39 is 30.8 Å². The number of nitrogens with zero attached hydrogens (tertiary/aromatic N) is 4. The van der Waals surface area contributed by atoms with Crippen LogP contribution in [0.3, 0.4) is 0 Å². The fourth-order valence-electron chi connectivity index (χ4n) is 3.54. The van der Waals surface area contributed by atoms with Crippen LogP contribution < -0.4 is 0 Å². The summed E-state index contributed by atoms with van der Waals surface area (Å²) in [6, 6.07) is 1.25. The highest BCUT2D eigenvalue weighted by molar-refractivity contribution is 5.92. The van der Waals surface area contributed by atoms with Gasteiger partial charge in [-0.25, -0.2) is 0 Å². The molecule has 1 aromatic rings. The van der Waals surface area contributed by atoms with Gasteiger partial charge >= 0.3 is 6.55 Å². The monoisotopic (exact) mass is 462 g/mol. The Balaban J connectivity index is 2.16. The van der Waals surface area contributed by atoms with E-state index in [0.717, 1.165) is 6.20 Å². The van der Waals surface area contributed by atoms with Gasteiger partial charge in [-0.2, -0.15) is 18.6 Å². The van der Waals surface area contributed by atoms with E-state index in [4.69, 9.17) is 9.47 Å². The second-order valence-electron chi connectivity index (χ2n) is 7.66. The Bertz CT molecular complexity index is 735. The molecule has 0 unspecified atom stereocenters. The van der Waals surface area contributed by atoms with Crippen molar-refractivity contribution in [2.45, 2.75) is 51.0 Å². The predicted octanol–water partition coefficient (Wildman–Crippen LogP) is 0.506. The first-order valence-electron chi connectivity index (χ1n) is 10.6. The number of halogens is 2. The van der Waals surface area contributed by atoms with Gasteiger partial charge in [-0.05, 0) is 25.3 Å². The Morgan fingerprint density at radius 1 is 1.19 bits per heavy atom. The van der Waals surface area contributed by atoms with Gasteiger partial charge in [-0.15, -0.1) is 0 Å². The Morgan fingerprint density at radius 3 is 2.53 bits per heavy atom. The maximum atomic E-state index is 13.2. The highest BCUT2D eigenvalue weighted by Gasteiger charge is 2.30. The highest BCUT2D eigenvalue weighted by atomic mass is 19.3. The van der Waals surface area contributed by atoms with Crippen LogP contribution in [0.2, 0.25) is 0 Å². The maximum Gasteiger partial charge on any atom is 0.333 e. The molecule has 1 saturated heterocycles. The molecule has 2 rings (SSSR count). The zero-order chi connectivity index (χ0) is 23.7. The third kappa shape index (κ3) is 7.19. The molecule has 0 spiro atoms. The lowest BCUT2D eigenvalue weighted by Gasteiger charge is -2.31. The topological polar surface area (TPSA) is 117 Å². The summed E-state index contributed by atoms with van der Waals surface area (Å²) in [4.78, 5) is 27.9. The number of carbonyl (C=O) groups excluding carboxylic acids is 2. The summed E-state index contributed by atoms with van der Waals surface area (Å²) in [5, 5.41) is 24.1.